The van der Waals surface area contributed by atoms with Crippen molar-refractivity contribution >= 4 is 0 Å². The first-order valence-corrected chi connectivity index (χ1v) is 8.37. The van der Waals surface area contributed by atoms with Crippen LogP contribution in [0.25, 0.3) is 0 Å². The minimum Gasteiger partial charge on any atom is -0.504 e. The van der Waals surface area contributed by atoms with Crippen molar-refractivity contribution in [3.63, 3.8) is 0 Å². The molecule has 0 heterocycles. The van der Waals surface area contributed by atoms with Crippen LogP contribution in [0.5, 0.6) is 17.2 Å². The second kappa shape index (κ2) is 11.3. The molecule has 0 aromatic heterocycles. The van der Waals surface area contributed by atoms with Crippen molar-refractivity contribution in [3.05, 3.63) is 18.2 Å². The van der Waals surface area contributed by atoms with Crippen molar-refractivity contribution in [3.8, 4) is 17.2 Å². The minimum atomic E-state index is 0.163. The van der Waals surface area contributed by atoms with E-state index in [4.69, 9.17) is 9.47 Å². The summed E-state index contributed by atoms with van der Waals surface area (Å²) in [6, 6.07) is 5.30. The smallest absolute Gasteiger partial charge is 0.203 e. The van der Waals surface area contributed by atoms with Gasteiger partial charge in [-0.15, -0.1) is 0 Å². The minimum absolute atomic E-state index is 0.163. The van der Waals surface area contributed by atoms with Gasteiger partial charge >= 0.3 is 0 Å². The Balaban J connectivity index is 2.41. The molecule has 0 amide bonds. The lowest BCUT2D eigenvalue weighted by atomic mass is 10.2. The Bertz CT molecular complexity index is 377. The van der Waals surface area contributed by atoms with E-state index >= 15 is 0 Å². The first kappa shape index (κ1) is 17.7. The van der Waals surface area contributed by atoms with Gasteiger partial charge in [-0.05, 0) is 25.0 Å². The lowest BCUT2D eigenvalue weighted by molar-refractivity contribution is 0.249. The van der Waals surface area contributed by atoms with Crippen molar-refractivity contribution in [2.75, 3.05) is 13.2 Å². The quantitative estimate of drug-likeness (QED) is 0.531. The molecule has 1 rings (SSSR count). The summed E-state index contributed by atoms with van der Waals surface area (Å²) in [5, 5.41) is 9.93. The SMILES string of the molecule is CCCCCCOc1cccc(O)c1OCCCCCC. The highest BCUT2D eigenvalue weighted by molar-refractivity contribution is 5.50. The molecule has 0 spiro atoms. The summed E-state index contributed by atoms with van der Waals surface area (Å²) in [6.45, 7) is 5.69. The first-order valence-electron chi connectivity index (χ1n) is 8.37. The molecular formula is C18H30O3. The molecule has 0 aliphatic rings. The Labute approximate surface area is 129 Å². The lowest BCUT2D eigenvalue weighted by Gasteiger charge is -2.14. The third-order valence-electron chi connectivity index (χ3n) is 3.46. The number of aromatic hydroxyl groups is 1. The number of ether oxygens (including phenoxy) is 2. The van der Waals surface area contributed by atoms with Gasteiger partial charge in [0.2, 0.25) is 5.75 Å². The highest BCUT2D eigenvalue weighted by atomic mass is 16.5. The van der Waals surface area contributed by atoms with Crippen LogP contribution in [0.1, 0.15) is 65.2 Å². The van der Waals surface area contributed by atoms with Gasteiger partial charge in [0.25, 0.3) is 0 Å². The van der Waals surface area contributed by atoms with Crippen LogP contribution in [-0.4, -0.2) is 18.3 Å². The fraction of sp³-hybridized carbons (Fsp3) is 0.667. The van der Waals surface area contributed by atoms with Crippen molar-refractivity contribution in [2.45, 2.75) is 65.2 Å². The summed E-state index contributed by atoms with van der Waals surface area (Å²) in [7, 11) is 0. The van der Waals surface area contributed by atoms with Crippen LogP contribution in [0, 0.1) is 0 Å². The van der Waals surface area contributed by atoms with Crippen LogP contribution in [0.4, 0.5) is 0 Å². The maximum absolute atomic E-state index is 9.93. The molecule has 0 radical (unpaired) electrons. The number of hydrogen-bond donors (Lipinski definition) is 1. The molecule has 21 heavy (non-hydrogen) atoms. The number of phenolic OH excluding ortho intramolecular Hbond substituents is 1. The highest BCUT2D eigenvalue weighted by Gasteiger charge is 2.10. The van der Waals surface area contributed by atoms with Gasteiger partial charge in [0.15, 0.2) is 11.5 Å². The molecule has 0 saturated heterocycles. The van der Waals surface area contributed by atoms with Crippen molar-refractivity contribution < 1.29 is 14.6 Å². The van der Waals surface area contributed by atoms with Crippen LogP contribution in [-0.2, 0) is 0 Å². The molecule has 0 unspecified atom stereocenters. The van der Waals surface area contributed by atoms with E-state index in [9.17, 15) is 5.11 Å². The van der Waals surface area contributed by atoms with E-state index in [1.165, 1.54) is 32.1 Å². The fourth-order valence-electron chi connectivity index (χ4n) is 2.18. The van der Waals surface area contributed by atoms with Gasteiger partial charge in [-0.25, -0.2) is 0 Å². The van der Waals surface area contributed by atoms with Crippen LogP contribution in [0.15, 0.2) is 18.2 Å². The maximum atomic E-state index is 9.93. The molecule has 0 atom stereocenters. The molecule has 3 nitrogen and oxygen atoms in total. The summed E-state index contributed by atoms with van der Waals surface area (Å²) < 4.78 is 11.5. The molecule has 0 aliphatic carbocycles. The topological polar surface area (TPSA) is 38.7 Å². The second-order valence-corrected chi connectivity index (χ2v) is 5.42. The number of para-hydroxylation sites is 1. The molecule has 3 heteroatoms. The summed E-state index contributed by atoms with van der Waals surface area (Å²) in [5.74, 6) is 1.31. The van der Waals surface area contributed by atoms with E-state index in [-0.39, 0.29) is 5.75 Å². The zero-order valence-corrected chi connectivity index (χ0v) is 13.6. The number of benzene rings is 1. The van der Waals surface area contributed by atoms with E-state index in [1.807, 2.05) is 6.07 Å². The number of phenols is 1. The largest absolute Gasteiger partial charge is 0.504 e. The highest BCUT2D eigenvalue weighted by Crippen LogP contribution is 2.36. The van der Waals surface area contributed by atoms with E-state index in [0.717, 1.165) is 19.3 Å². The molecule has 0 aliphatic heterocycles. The number of rotatable bonds is 12. The van der Waals surface area contributed by atoms with Gasteiger partial charge in [0.05, 0.1) is 13.2 Å². The molecule has 0 fully saturated rings. The summed E-state index contributed by atoms with van der Waals surface area (Å²) >= 11 is 0. The normalized spacial score (nSPS) is 10.6. The fourth-order valence-corrected chi connectivity index (χ4v) is 2.18. The number of hydrogen-bond acceptors (Lipinski definition) is 3. The van der Waals surface area contributed by atoms with E-state index < -0.39 is 0 Å². The van der Waals surface area contributed by atoms with E-state index in [2.05, 4.69) is 13.8 Å². The second-order valence-electron chi connectivity index (χ2n) is 5.42. The zero-order chi connectivity index (χ0) is 15.3. The average molecular weight is 294 g/mol. The van der Waals surface area contributed by atoms with Crippen LogP contribution < -0.4 is 9.47 Å². The summed E-state index contributed by atoms with van der Waals surface area (Å²) in [5.41, 5.74) is 0. The molecular weight excluding hydrogens is 264 g/mol. The maximum Gasteiger partial charge on any atom is 0.203 e. The molecule has 1 aromatic rings. The first-order chi connectivity index (χ1) is 10.3. The number of unbranched alkanes of at least 4 members (excludes halogenated alkanes) is 6. The Kier molecular flexibility index (Phi) is 9.51. The van der Waals surface area contributed by atoms with Crippen LogP contribution in [0.3, 0.4) is 0 Å². The molecule has 1 aromatic carbocycles. The summed E-state index contributed by atoms with van der Waals surface area (Å²) in [4.78, 5) is 0. The Morgan fingerprint density at radius 1 is 0.810 bits per heavy atom. The van der Waals surface area contributed by atoms with Crippen molar-refractivity contribution in [2.24, 2.45) is 0 Å². The lowest BCUT2D eigenvalue weighted by Crippen LogP contribution is -2.03. The molecule has 1 N–H and O–H groups in total. The predicted molar refractivity (Wildman–Crippen MR) is 87.4 cm³/mol. The standard InChI is InChI=1S/C18H30O3/c1-3-5-7-9-14-20-17-13-11-12-16(19)18(17)21-15-10-8-6-4-2/h11-13,19H,3-10,14-15H2,1-2H3. The van der Waals surface area contributed by atoms with Crippen LogP contribution in [0.2, 0.25) is 0 Å². The van der Waals surface area contributed by atoms with E-state index in [1.54, 1.807) is 12.1 Å². The van der Waals surface area contributed by atoms with E-state index in [0.29, 0.717) is 24.7 Å². The van der Waals surface area contributed by atoms with Gasteiger partial charge in [0, 0.05) is 0 Å². The van der Waals surface area contributed by atoms with Crippen LogP contribution >= 0.6 is 0 Å². The van der Waals surface area contributed by atoms with Gasteiger partial charge in [-0.3, -0.25) is 0 Å². The molecule has 0 saturated carbocycles. The summed E-state index contributed by atoms with van der Waals surface area (Å²) in [6.07, 6.45) is 9.30. The van der Waals surface area contributed by atoms with Gasteiger partial charge in [-0.2, -0.15) is 0 Å². The average Bonchev–Trinajstić information content (AvgIpc) is 2.49. The third kappa shape index (κ3) is 7.26. The predicted octanol–water partition coefficient (Wildman–Crippen LogP) is 5.31. The molecule has 120 valence electrons. The van der Waals surface area contributed by atoms with Gasteiger partial charge in [0.1, 0.15) is 0 Å². The Hall–Kier alpha value is -1.38. The van der Waals surface area contributed by atoms with Gasteiger partial charge in [-0.1, -0.05) is 58.4 Å². The van der Waals surface area contributed by atoms with Crippen molar-refractivity contribution in [1.29, 1.82) is 0 Å². The zero-order valence-electron chi connectivity index (χ0n) is 13.6. The molecule has 0 bridgehead atoms. The monoisotopic (exact) mass is 294 g/mol. The van der Waals surface area contributed by atoms with Gasteiger partial charge < -0.3 is 14.6 Å². The van der Waals surface area contributed by atoms with Crippen molar-refractivity contribution in [1.82, 2.24) is 0 Å². The Morgan fingerprint density at radius 2 is 1.43 bits per heavy atom. The Morgan fingerprint density at radius 3 is 2.05 bits per heavy atom. The third-order valence-corrected chi connectivity index (χ3v) is 3.46.